The van der Waals surface area contributed by atoms with Gasteiger partial charge < -0.3 is 20.6 Å². The number of aromatic nitrogens is 2. The minimum Gasteiger partial charge on any atom is -0.475 e. The van der Waals surface area contributed by atoms with Crippen molar-refractivity contribution in [2.75, 3.05) is 27.2 Å². The van der Waals surface area contributed by atoms with Gasteiger partial charge in [0, 0.05) is 18.9 Å². The second-order valence-electron chi connectivity index (χ2n) is 3.35. The van der Waals surface area contributed by atoms with Crippen molar-refractivity contribution in [3.63, 3.8) is 0 Å². The SMILES string of the molecule is CN(C)CCOc1nccnc1C(N)=NO. The van der Waals surface area contributed by atoms with Gasteiger partial charge >= 0.3 is 0 Å². The van der Waals surface area contributed by atoms with Crippen LogP contribution in [0.1, 0.15) is 5.69 Å². The van der Waals surface area contributed by atoms with Crippen molar-refractivity contribution >= 4 is 5.84 Å². The maximum Gasteiger partial charge on any atom is 0.244 e. The molecule has 0 saturated heterocycles. The van der Waals surface area contributed by atoms with Crippen LogP contribution in [0.3, 0.4) is 0 Å². The zero-order chi connectivity index (χ0) is 12.0. The van der Waals surface area contributed by atoms with Gasteiger partial charge in [0.15, 0.2) is 11.5 Å². The maximum atomic E-state index is 8.56. The number of hydrogen-bond donors (Lipinski definition) is 2. The lowest BCUT2D eigenvalue weighted by Crippen LogP contribution is -2.22. The van der Waals surface area contributed by atoms with Gasteiger partial charge in [-0.05, 0) is 14.1 Å². The fraction of sp³-hybridized carbons (Fsp3) is 0.444. The second kappa shape index (κ2) is 5.86. The van der Waals surface area contributed by atoms with Gasteiger partial charge in [0.2, 0.25) is 5.88 Å². The fourth-order valence-electron chi connectivity index (χ4n) is 0.979. The first-order chi connectivity index (χ1) is 7.65. The first-order valence-electron chi connectivity index (χ1n) is 4.71. The number of ether oxygens (including phenoxy) is 1. The first-order valence-corrected chi connectivity index (χ1v) is 4.71. The molecule has 7 nitrogen and oxygen atoms in total. The zero-order valence-corrected chi connectivity index (χ0v) is 9.29. The molecule has 0 saturated carbocycles. The van der Waals surface area contributed by atoms with Crippen LogP contribution >= 0.6 is 0 Å². The average Bonchev–Trinajstić information content (AvgIpc) is 2.28. The zero-order valence-electron chi connectivity index (χ0n) is 9.29. The summed E-state index contributed by atoms with van der Waals surface area (Å²) in [6.07, 6.45) is 2.94. The lowest BCUT2D eigenvalue weighted by atomic mass is 10.4. The predicted molar refractivity (Wildman–Crippen MR) is 58.6 cm³/mol. The molecule has 1 aromatic heterocycles. The molecule has 1 aromatic rings. The summed E-state index contributed by atoms with van der Waals surface area (Å²) in [6, 6.07) is 0. The molecular weight excluding hydrogens is 210 g/mol. The Bertz CT molecular complexity index is 367. The second-order valence-corrected chi connectivity index (χ2v) is 3.35. The molecule has 0 amide bonds. The lowest BCUT2D eigenvalue weighted by Gasteiger charge is -2.11. The number of nitrogens with zero attached hydrogens (tertiary/aromatic N) is 4. The van der Waals surface area contributed by atoms with Gasteiger partial charge in [-0.3, -0.25) is 0 Å². The van der Waals surface area contributed by atoms with Crippen molar-refractivity contribution in [1.29, 1.82) is 0 Å². The topological polar surface area (TPSA) is 96.9 Å². The van der Waals surface area contributed by atoms with E-state index in [1.54, 1.807) is 0 Å². The fourth-order valence-corrected chi connectivity index (χ4v) is 0.979. The molecule has 0 unspecified atom stereocenters. The van der Waals surface area contributed by atoms with E-state index in [1.165, 1.54) is 12.4 Å². The monoisotopic (exact) mass is 225 g/mol. The van der Waals surface area contributed by atoms with E-state index >= 15 is 0 Å². The molecule has 0 aliphatic heterocycles. The minimum absolute atomic E-state index is 0.118. The lowest BCUT2D eigenvalue weighted by molar-refractivity contribution is 0.252. The molecule has 0 bridgehead atoms. The van der Waals surface area contributed by atoms with Crippen molar-refractivity contribution in [2.45, 2.75) is 0 Å². The number of likely N-dealkylation sites (N-methyl/N-ethyl adjacent to an activating group) is 1. The van der Waals surface area contributed by atoms with Gasteiger partial charge in [0.25, 0.3) is 0 Å². The van der Waals surface area contributed by atoms with E-state index in [-0.39, 0.29) is 17.4 Å². The van der Waals surface area contributed by atoms with Gasteiger partial charge in [0.05, 0.1) is 0 Å². The molecule has 88 valence electrons. The van der Waals surface area contributed by atoms with E-state index in [0.29, 0.717) is 6.61 Å². The number of nitrogens with two attached hydrogens (primary N) is 1. The van der Waals surface area contributed by atoms with E-state index < -0.39 is 0 Å². The Balaban J connectivity index is 2.72. The van der Waals surface area contributed by atoms with E-state index in [2.05, 4.69) is 15.1 Å². The number of oxime groups is 1. The third kappa shape index (κ3) is 3.35. The predicted octanol–water partition coefficient (Wildman–Crippen LogP) is -0.488. The summed E-state index contributed by atoms with van der Waals surface area (Å²) in [5, 5.41) is 11.4. The van der Waals surface area contributed by atoms with Gasteiger partial charge in [-0.2, -0.15) is 0 Å². The van der Waals surface area contributed by atoms with Crippen LogP contribution in [-0.4, -0.2) is 53.2 Å². The van der Waals surface area contributed by atoms with Crippen LogP contribution in [0, 0.1) is 0 Å². The molecule has 0 fully saturated rings. The Morgan fingerprint density at radius 2 is 2.19 bits per heavy atom. The summed E-state index contributed by atoms with van der Waals surface area (Å²) in [5.74, 6) is 0.146. The third-order valence-electron chi connectivity index (χ3n) is 1.79. The molecule has 16 heavy (non-hydrogen) atoms. The van der Waals surface area contributed by atoms with Gasteiger partial charge in [-0.15, -0.1) is 0 Å². The molecule has 0 spiro atoms. The summed E-state index contributed by atoms with van der Waals surface area (Å²) in [7, 11) is 3.87. The van der Waals surface area contributed by atoms with Crippen LogP contribution < -0.4 is 10.5 Å². The highest BCUT2D eigenvalue weighted by molar-refractivity contribution is 5.97. The van der Waals surface area contributed by atoms with Crippen molar-refractivity contribution < 1.29 is 9.94 Å². The third-order valence-corrected chi connectivity index (χ3v) is 1.79. The van der Waals surface area contributed by atoms with E-state index in [4.69, 9.17) is 15.7 Å². The van der Waals surface area contributed by atoms with Crippen LogP contribution in [0.25, 0.3) is 0 Å². The summed E-state index contributed by atoms with van der Waals surface area (Å²) >= 11 is 0. The van der Waals surface area contributed by atoms with Crippen molar-refractivity contribution in [2.24, 2.45) is 10.9 Å². The summed E-state index contributed by atoms with van der Waals surface area (Å²) in [6.45, 7) is 1.20. The molecule has 7 heteroatoms. The molecule has 0 aromatic carbocycles. The normalized spacial score (nSPS) is 11.8. The number of hydrogen-bond acceptors (Lipinski definition) is 6. The van der Waals surface area contributed by atoms with Crippen LogP contribution in [0.4, 0.5) is 0 Å². The van der Waals surface area contributed by atoms with Crippen LogP contribution in [-0.2, 0) is 0 Å². The molecule has 1 rings (SSSR count). The van der Waals surface area contributed by atoms with Crippen LogP contribution in [0.2, 0.25) is 0 Å². The van der Waals surface area contributed by atoms with E-state index in [0.717, 1.165) is 6.54 Å². The average molecular weight is 225 g/mol. The number of rotatable bonds is 5. The highest BCUT2D eigenvalue weighted by Crippen LogP contribution is 2.10. The van der Waals surface area contributed by atoms with Crippen LogP contribution in [0.5, 0.6) is 5.88 Å². The van der Waals surface area contributed by atoms with Crippen molar-refractivity contribution in [1.82, 2.24) is 14.9 Å². The Labute approximate surface area is 93.6 Å². The standard InChI is InChI=1S/C9H15N5O2/c1-14(2)5-6-16-9-7(8(10)13-15)11-3-4-12-9/h3-4,15H,5-6H2,1-2H3,(H2,10,13). The van der Waals surface area contributed by atoms with Gasteiger partial charge in [-0.1, -0.05) is 5.16 Å². The van der Waals surface area contributed by atoms with E-state index in [1.807, 2.05) is 19.0 Å². The number of amidine groups is 1. The molecule has 0 atom stereocenters. The molecular formula is C9H15N5O2. The Morgan fingerprint density at radius 1 is 1.50 bits per heavy atom. The van der Waals surface area contributed by atoms with E-state index in [9.17, 15) is 0 Å². The first kappa shape index (κ1) is 12.2. The maximum absolute atomic E-state index is 8.56. The molecule has 0 aliphatic rings. The summed E-state index contributed by atoms with van der Waals surface area (Å²) in [4.78, 5) is 9.87. The molecule has 1 heterocycles. The van der Waals surface area contributed by atoms with Crippen molar-refractivity contribution in [3.8, 4) is 5.88 Å². The summed E-state index contributed by atoms with van der Waals surface area (Å²) in [5.41, 5.74) is 5.67. The summed E-state index contributed by atoms with van der Waals surface area (Å²) < 4.78 is 5.38. The molecule has 0 radical (unpaired) electrons. The van der Waals surface area contributed by atoms with Crippen LogP contribution in [0.15, 0.2) is 17.5 Å². The van der Waals surface area contributed by atoms with Crippen molar-refractivity contribution in [3.05, 3.63) is 18.1 Å². The smallest absolute Gasteiger partial charge is 0.244 e. The largest absolute Gasteiger partial charge is 0.475 e. The Hall–Kier alpha value is -1.89. The van der Waals surface area contributed by atoms with Gasteiger partial charge in [-0.25, -0.2) is 9.97 Å². The minimum atomic E-state index is -0.118. The van der Waals surface area contributed by atoms with Gasteiger partial charge in [0.1, 0.15) is 6.61 Å². The Morgan fingerprint density at radius 3 is 2.81 bits per heavy atom. The molecule has 0 aliphatic carbocycles. The Kier molecular flexibility index (Phi) is 4.46. The highest BCUT2D eigenvalue weighted by Gasteiger charge is 2.10. The quantitative estimate of drug-likeness (QED) is 0.304. The molecule has 3 N–H and O–H groups in total. The highest BCUT2D eigenvalue weighted by atomic mass is 16.5.